The molecule has 0 bridgehead atoms. The molecule has 0 aliphatic carbocycles. The Hall–Kier alpha value is -5.15. The summed E-state index contributed by atoms with van der Waals surface area (Å²) < 4.78 is 0. The zero-order valence-corrected chi connectivity index (χ0v) is 34.4. The minimum atomic E-state index is -1.08. The third-order valence-corrected chi connectivity index (χ3v) is 12.0. The Bertz CT molecular complexity index is 1830. The van der Waals surface area contributed by atoms with Gasteiger partial charge in [0, 0.05) is 51.7 Å². The molecule has 3 fully saturated rings. The number of carbonyl (C=O) groups excluding carboxylic acids is 6. The van der Waals surface area contributed by atoms with Crippen LogP contribution in [0.4, 0.5) is 0 Å². The van der Waals surface area contributed by atoms with Crippen LogP contribution in [0.3, 0.4) is 0 Å². The van der Waals surface area contributed by atoms with Gasteiger partial charge < -0.3 is 25.3 Å². The summed E-state index contributed by atoms with van der Waals surface area (Å²) in [6, 6.07) is 12.5. The van der Waals surface area contributed by atoms with Gasteiger partial charge >= 0.3 is 0 Å². The first-order valence-electron chi connectivity index (χ1n) is 20.7. The van der Waals surface area contributed by atoms with Crippen molar-refractivity contribution in [3.05, 3.63) is 71.8 Å². The van der Waals surface area contributed by atoms with E-state index in [9.17, 15) is 28.8 Å². The highest BCUT2D eigenvalue weighted by atomic mass is 16.2. The molecule has 0 spiro atoms. The lowest BCUT2D eigenvalue weighted by Crippen LogP contribution is -2.66. The average Bonchev–Trinajstić information content (AvgIpc) is 3.74. The fourth-order valence-corrected chi connectivity index (χ4v) is 8.58. The van der Waals surface area contributed by atoms with Crippen LogP contribution in [0.5, 0.6) is 0 Å². The van der Waals surface area contributed by atoms with Crippen molar-refractivity contribution in [2.75, 3.05) is 40.8 Å². The fraction of sp³-hybridized carbons (Fsp3) is 0.558. The van der Waals surface area contributed by atoms with Gasteiger partial charge in [-0.2, -0.15) is 5.10 Å². The maximum Gasteiger partial charge on any atom is 0.267 e. The van der Waals surface area contributed by atoms with Crippen LogP contribution in [0.15, 0.2) is 65.8 Å². The minimum Gasteiger partial charge on any atom is -0.342 e. The molecule has 0 aromatic heterocycles. The molecule has 3 N–H and O–H groups in total. The number of amides is 6. The molecule has 6 amide bonds. The van der Waals surface area contributed by atoms with E-state index in [2.05, 4.69) is 21.2 Å². The maximum absolute atomic E-state index is 15.0. The van der Waals surface area contributed by atoms with Crippen molar-refractivity contribution in [2.24, 2.45) is 16.9 Å². The number of hydrogen-bond acceptors (Lipinski definition) is 9. The first-order valence-corrected chi connectivity index (χ1v) is 20.7. The summed E-state index contributed by atoms with van der Waals surface area (Å²) in [6.07, 6.45) is 4.59. The average molecular weight is 798 g/mol. The van der Waals surface area contributed by atoms with E-state index in [0.29, 0.717) is 45.2 Å². The number of benzene rings is 2. The van der Waals surface area contributed by atoms with E-state index in [1.54, 1.807) is 13.3 Å². The van der Waals surface area contributed by atoms with Gasteiger partial charge in [-0.1, -0.05) is 80.9 Å². The minimum absolute atomic E-state index is 0.139. The molecule has 15 heteroatoms. The van der Waals surface area contributed by atoms with Crippen molar-refractivity contribution >= 4 is 41.7 Å². The van der Waals surface area contributed by atoms with Crippen molar-refractivity contribution in [3.63, 3.8) is 0 Å². The van der Waals surface area contributed by atoms with Crippen LogP contribution in [0.2, 0.25) is 0 Å². The van der Waals surface area contributed by atoms with Gasteiger partial charge in [0.1, 0.15) is 36.3 Å². The predicted molar refractivity (Wildman–Crippen MR) is 219 cm³/mol. The molecule has 0 unspecified atom stereocenters. The van der Waals surface area contributed by atoms with Gasteiger partial charge in [0.25, 0.3) is 11.8 Å². The summed E-state index contributed by atoms with van der Waals surface area (Å²) in [4.78, 5) is 93.0. The molecule has 0 radical (unpaired) electrons. The molecule has 15 nitrogen and oxygen atoms in total. The highest BCUT2D eigenvalue weighted by molar-refractivity contribution is 5.99. The molecule has 4 aliphatic heterocycles. The largest absolute Gasteiger partial charge is 0.342 e. The van der Waals surface area contributed by atoms with Crippen LogP contribution in [0, 0.1) is 11.8 Å². The first kappa shape index (κ1) is 42.5. The van der Waals surface area contributed by atoms with Gasteiger partial charge in [0.2, 0.25) is 23.6 Å². The number of rotatable bonds is 8. The Balaban J connectivity index is 1.45. The summed E-state index contributed by atoms with van der Waals surface area (Å²) in [7, 11) is 5.43. The van der Waals surface area contributed by atoms with E-state index in [0.717, 1.165) is 11.1 Å². The molecule has 312 valence electrons. The molecule has 4 aliphatic rings. The monoisotopic (exact) mass is 797 g/mol. The van der Waals surface area contributed by atoms with E-state index in [4.69, 9.17) is 0 Å². The number of carbonyl (C=O) groups is 6. The number of fused-ring (bicyclic) bond motifs is 3. The zero-order chi connectivity index (χ0) is 41.5. The highest BCUT2D eigenvalue weighted by Crippen LogP contribution is 2.28. The fourth-order valence-electron chi connectivity index (χ4n) is 8.58. The molecule has 6 rings (SSSR count). The second kappa shape index (κ2) is 19.1. The van der Waals surface area contributed by atoms with Gasteiger partial charge in [-0.15, -0.1) is 0 Å². The van der Waals surface area contributed by atoms with Crippen LogP contribution >= 0.6 is 0 Å². The molecule has 2 aromatic rings. The lowest BCUT2D eigenvalue weighted by Gasteiger charge is -2.43. The smallest absolute Gasteiger partial charge is 0.267 e. The Morgan fingerprint density at radius 1 is 0.776 bits per heavy atom. The number of likely N-dealkylation sites (N-methyl/N-ethyl adjacent to an activating group) is 1. The molecule has 58 heavy (non-hydrogen) atoms. The van der Waals surface area contributed by atoms with Gasteiger partial charge in [0.05, 0.1) is 0 Å². The number of hydrazine groups is 1. The first-order chi connectivity index (χ1) is 27.9. The topological polar surface area (TPSA) is 167 Å². The van der Waals surface area contributed by atoms with Crippen LogP contribution < -0.4 is 16.1 Å². The number of nitrogens with one attached hydrogen (secondary N) is 3. The quantitative estimate of drug-likeness (QED) is 0.362. The Kier molecular flexibility index (Phi) is 14.0. The van der Waals surface area contributed by atoms with Gasteiger partial charge in [0.15, 0.2) is 0 Å². The second-order valence-corrected chi connectivity index (χ2v) is 16.5. The van der Waals surface area contributed by atoms with E-state index < -0.39 is 71.7 Å². The predicted octanol–water partition coefficient (Wildman–Crippen LogP) is 1.58. The van der Waals surface area contributed by atoms with Crippen molar-refractivity contribution in [1.29, 1.82) is 0 Å². The Morgan fingerprint density at radius 2 is 1.43 bits per heavy atom. The standard InChI is InChI=1S/C43H59N9O6/c1-6-28(2)37-43(58)51-34(19-13-21-44-51)42(57)52-36(25-31(26-45-52)27-48(3)4)40(55)49(5)35(24-30-17-11-8-12-18-30)41(56)50-22-14-20-33(50)39(54)46-32(38(53)47-37)23-29-15-9-7-10-16-29/h7-12,15-18,26,28,31-37,44H,6,13-14,19-25,27H2,1-5H3,(H,46,54)(H,47,53)/t28-,31+,32+,33-,34+,35+,36-,37-/m0/s1. The number of hydrazone groups is 1. The molecule has 0 saturated carbocycles. The second-order valence-electron chi connectivity index (χ2n) is 16.5. The van der Waals surface area contributed by atoms with Crippen LogP contribution in [0.1, 0.15) is 63.5 Å². The van der Waals surface area contributed by atoms with E-state index in [1.165, 1.54) is 19.8 Å². The summed E-state index contributed by atoms with van der Waals surface area (Å²) >= 11 is 0. The maximum atomic E-state index is 15.0. The molecule has 4 heterocycles. The molecule has 2 aromatic carbocycles. The van der Waals surface area contributed by atoms with E-state index in [1.807, 2.05) is 93.5 Å². The lowest BCUT2D eigenvalue weighted by molar-refractivity contribution is -0.160. The Morgan fingerprint density at radius 3 is 2.09 bits per heavy atom. The zero-order valence-electron chi connectivity index (χ0n) is 34.4. The van der Waals surface area contributed by atoms with Gasteiger partial charge in [-0.25, -0.2) is 10.4 Å². The van der Waals surface area contributed by atoms with Crippen molar-refractivity contribution < 1.29 is 28.8 Å². The van der Waals surface area contributed by atoms with Crippen LogP contribution in [-0.4, -0.2) is 143 Å². The molecule has 3 saturated heterocycles. The SMILES string of the molecule is CC[C@H](C)[C@@H]1NC(=O)[C@@H](Cc2ccccc2)NC(=O)[C@@H]2CCCN2C(=O)[C@@H](Cc2ccccc2)N(C)C(=O)[C@@H]2C[C@@H](CN(C)C)C=NN2C(=O)[C@H]2CCCNN2C1=O. The van der Waals surface area contributed by atoms with Crippen molar-refractivity contribution in [2.45, 2.75) is 101 Å². The molecular formula is C43H59N9O6. The normalized spacial score (nSPS) is 28.3. The molecule has 8 atom stereocenters. The summed E-state index contributed by atoms with van der Waals surface area (Å²) in [5.41, 5.74) is 4.75. The van der Waals surface area contributed by atoms with Crippen molar-refractivity contribution in [3.8, 4) is 0 Å². The van der Waals surface area contributed by atoms with Crippen molar-refractivity contribution in [1.82, 2.24) is 40.8 Å². The van der Waals surface area contributed by atoms with Crippen LogP contribution in [-0.2, 0) is 41.6 Å². The molecular weight excluding hydrogens is 739 g/mol. The summed E-state index contributed by atoms with van der Waals surface area (Å²) in [5.74, 6) is -3.42. The Labute approximate surface area is 341 Å². The van der Waals surface area contributed by atoms with E-state index in [-0.39, 0.29) is 37.6 Å². The van der Waals surface area contributed by atoms with E-state index >= 15 is 0 Å². The number of nitrogens with zero attached hydrogens (tertiary/aromatic N) is 6. The van der Waals surface area contributed by atoms with Gasteiger partial charge in [-0.3, -0.25) is 33.8 Å². The highest BCUT2D eigenvalue weighted by Gasteiger charge is 2.47. The lowest BCUT2D eigenvalue weighted by atomic mass is 9.94. The number of hydrogen-bond donors (Lipinski definition) is 3. The summed E-state index contributed by atoms with van der Waals surface area (Å²) in [5, 5.41) is 13.1. The third kappa shape index (κ3) is 9.58. The van der Waals surface area contributed by atoms with Gasteiger partial charge in [-0.05, 0) is 63.2 Å². The third-order valence-electron chi connectivity index (χ3n) is 12.0. The summed E-state index contributed by atoms with van der Waals surface area (Å²) in [6.45, 7) is 5.06. The van der Waals surface area contributed by atoms with Crippen LogP contribution in [0.25, 0.3) is 0 Å².